The molecule has 0 atom stereocenters. The molecule has 1 fully saturated rings. The lowest BCUT2D eigenvalue weighted by Crippen LogP contribution is -2.42. The van der Waals surface area contributed by atoms with Crippen LogP contribution < -0.4 is 10.6 Å². The van der Waals surface area contributed by atoms with Gasteiger partial charge in [-0.15, -0.1) is 0 Å². The quantitative estimate of drug-likeness (QED) is 0.753. The molecule has 1 amide bonds. The zero-order valence-electron chi connectivity index (χ0n) is 11.6. The molecule has 1 spiro atoms. The van der Waals surface area contributed by atoms with Crippen LogP contribution >= 0.6 is 0 Å². The number of rotatable bonds is 0. The van der Waals surface area contributed by atoms with E-state index in [-0.39, 0.29) is 11.3 Å². The van der Waals surface area contributed by atoms with E-state index in [0.717, 1.165) is 48.7 Å². The molecule has 1 aliphatic heterocycles. The molecule has 2 N–H and O–H groups in total. The molecule has 3 rings (SSSR count). The molecule has 4 nitrogen and oxygen atoms in total. The van der Waals surface area contributed by atoms with Gasteiger partial charge in [-0.25, -0.2) is 4.98 Å². The zero-order valence-corrected chi connectivity index (χ0v) is 11.6. The topological polar surface area (TPSA) is 54.0 Å². The van der Waals surface area contributed by atoms with Gasteiger partial charge in [0.05, 0.1) is 11.1 Å². The van der Waals surface area contributed by atoms with Gasteiger partial charge in [-0.3, -0.25) is 4.79 Å². The van der Waals surface area contributed by atoms with Crippen molar-refractivity contribution in [3.63, 3.8) is 0 Å². The minimum absolute atomic E-state index is 0.165. The van der Waals surface area contributed by atoms with E-state index in [4.69, 9.17) is 0 Å². The Bertz CT molecular complexity index is 504. The summed E-state index contributed by atoms with van der Waals surface area (Å²) in [6.45, 7) is 4.96. The van der Waals surface area contributed by atoms with Crippen LogP contribution in [0.15, 0.2) is 12.3 Å². The summed E-state index contributed by atoms with van der Waals surface area (Å²) >= 11 is 0. The van der Waals surface area contributed by atoms with Gasteiger partial charge in [-0.05, 0) is 50.2 Å². The summed E-state index contributed by atoms with van der Waals surface area (Å²) in [5, 5.41) is 6.44. The normalized spacial score (nSPS) is 30.2. The van der Waals surface area contributed by atoms with Crippen LogP contribution in [-0.4, -0.2) is 17.4 Å². The maximum Gasteiger partial charge on any atom is 0.232 e. The first-order chi connectivity index (χ1) is 9.09. The number of nitrogens with one attached hydrogen (secondary N) is 2. The molecular formula is C15H21N3O. The van der Waals surface area contributed by atoms with Gasteiger partial charge in [-0.2, -0.15) is 0 Å². The third-order valence-corrected chi connectivity index (χ3v) is 4.58. The molecule has 1 aliphatic carbocycles. The number of anilines is 2. The predicted molar refractivity (Wildman–Crippen MR) is 76.2 cm³/mol. The van der Waals surface area contributed by atoms with Gasteiger partial charge in [0, 0.05) is 12.7 Å². The highest BCUT2D eigenvalue weighted by atomic mass is 16.2. The van der Waals surface area contributed by atoms with E-state index in [1.165, 1.54) is 0 Å². The Balaban J connectivity index is 1.88. The number of hydrogen-bond donors (Lipinski definition) is 2. The molecule has 0 radical (unpaired) electrons. The Labute approximate surface area is 114 Å². The molecule has 19 heavy (non-hydrogen) atoms. The highest BCUT2D eigenvalue weighted by Gasteiger charge is 2.42. The van der Waals surface area contributed by atoms with E-state index in [0.29, 0.717) is 6.54 Å². The van der Waals surface area contributed by atoms with E-state index in [1.54, 1.807) is 0 Å². The van der Waals surface area contributed by atoms with Crippen molar-refractivity contribution >= 4 is 17.4 Å². The van der Waals surface area contributed by atoms with Crippen molar-refractivity contribution in [1.29, 1.82) is 0 Å². The highest BCUT2D eigenvalue weighted by molar-refractivity contribution is 5.99. The number of carbonyl (C=O) groups is 1. The highest BCUT2D eigenvalue weighted by Crippen LogP contribution is 2.42. The van der Waals surface area contributed by atoms with E-state index in [1.807, 2.05) is 19.2 Å². The molecule has 0 unspecified atom stereocenters. The summed E-state index contributed by atoms with van der Waals surface area (Å²) in [6, 6.07) is 1.98. The van der Waals surface area contributed by atoms with Crippen molar-refractivity contribution < 1.29 is 4.79 Å². The van der Waals surface area contributed by atoms with Crippen LogP contribution in [0.5, 0.6) is 0 Å². The fraction of sp³-hybridized carbons (Fsp3) is 0.600. The first-order valence-electron chi connectivity index (χ1n) is 7.11. The standard InChI is InChI=1S/C15H21N3O/c1-10-3-5-15(6-4-10)9-17-13-12(18-14(15)19)7-11(2)8-16-13/h7-8,10H,3-6,9H2,1-2H3,(H,16,17)(H,18,19). The predicted octanol–water partition coefficient (Wildman–Crippen LogP) is 2.95. The number of pyridine rings is 1. The number of hydrogen-bond acceptors (Lipinski definition) is 3. The van der Waals surface area contributed by atoms with Crippen molar-refractivity contribution in [2.45, 2.75) is 39.5 Å². The van der Waals surface area contributed by atoms with E-state index < -0.39 is 0 Å². The minimum Gasteiger partial charge on any atom is -0.367 e. The lowest BCUT2D eigenvalue weighted by atomic mass is 9.70. The van der Waals surface area contributed by atoms with Crippen LogP contribution in [-0.2, 0) is 4.79 Å². The maximum absolute atomic E-state index is 12.6. The van der Waals surface area contributed by atoms with Crippen LogP contribution in [0.2, 0.25) is 0 Å². The number of aromatic nitrogens is 1. The summed E-state index contributed by atoms with van der Waals surface area (Å²) in [7, 11) is 0. The largest absolute Gasteiger partial charge is 0.367 e. The molecule has 0 aromatic carbocycles. The lowest BCUT2D eigenvalue weighted by Gasteiger charge is -2.36. The Morgan fingerprint density at radius 3 is 2.84 bits per heavy atom. The lowest BCUT2D eigenvalue weighted by molar-refractivity contribution is -0.126. The van der Waals surface area contributed by atoms with Crippen molar-refractivity contribution in [3.05, 3.63) is 17.8 Å². The number of amides is 1. The average molecular weight is 259 g/mol. The monoisotopic (exact) mass is 259 g/mol. The molecule has 102 valence electrons. The Hall–Kier alpha value is -1.58. The first kappa shape index (κ1) is 12.5. The number of fused-ring (bicyclic) bond motifs is 1. The third-order valence-electron chi connectivity index (χ3n) is 4.58. The fourth-order valence-corrected chi connectivity index (χ4v) is 3.11. The maximum atomic E-state index is 12.6. The second kappa shape index (κ2) is 4.51. The third kappa shape index (κ3) is 2.20. The molecule has 2 heterocycles. The number of aryl methyl sites for hydroxylation is 1. The molecule has 1 aromatic heterocycles. The summed E-state index contributed by atoms with van der Waals surface area (Å²) < 4.78 is 0. The summed E-state index contributed by atoms with van der Waals surface area (Å²) in [4.78, 5) is 17.0. The van der Waals surface area contributed by atoms with Crippen LogP contribution in [0.3, 0.4) is 0 Å². The van der Waals surface area contributed by atoms with Gasteiger partial charge in [0.25, 0.3) is 0 Å². The molecule has 4 heteroatoms. The Kier molecular flexibility index (Phi) is 2.96. The first-order valence-corrected chi connectivity index (χ1v) is 7.11. The molecule has 2 aliphatic rings. The van der Waals surface area contributed by atoms with E-state index in [9.17, 15) is 4.79 Å². The second-order valence-corrected chi connectivity index (χ2v) is 6.18. The number of nitrogens with zero attached hydrogens (tertiary/aromatic N) is 1. The fourth-order valence-electron chi connectivity index (χ4n) is 3.11. The van der Waals surface area contributed by atoms with Crippen molar-refractivity contribution in [2.24, 2.45) is 11.3 Å². The van der Waals surface area contributed by atoms with Crippen molar-refractivity contribution in [1.82, 2.24) is 4.98 Å². The summed E-state index contributed by atoms with van der Waals surface area (Å²) in [6.07, 6.45) is 6.05. The van der Waals surface area contributed by atoms with Crippen LogP contribution in [0, 0.1) is 18.3 Å². The smallest absolute Gasteiger partial charge is 0.232 e. The number of carbonyl (C=O) groups excluding carboxylic acids is 1. The Morgan fingerprint density at radius 1 is 1.37 bits per heavy atom. The van der Waals surface area contributed by atoms with Gasteiger partial charge in [0.1, 0.15) is 5.82 Å². The van der Waals surface area contributed by atoms with Crippen molar-refractivity contribution in [3.8, 4) is 0 Å². The summed E-state index contributed by atoms with van der Waals surface area (Å²) in [5.74, 6) is 1.71. The molecule has 1 saturated carbocycles. The van der Waals surface area contributed by atoms with Gasteiger partial charge in [0.15, 0.2) is 0 Å². The van der Waals surface area contributed by atoms with E-state index in [2.05, 4.69) is 22.5 Å². The molecule has 0 bridgehead atoms. The van der Waals surface area contributed by atoms with Crippen LogP contribution in [0.1, 0.15) is 38.2 Å². The minimum atomic E-state index is -0.249. The van der Waals surface area contributed by atoms with Gasteiger partial charge >= 0.3 is 0 Å². The SMILES string of the molecule is Cc1cnc2c(c1)NC(=O)C1(CCC(C)CC1)CN2. The molecule has 0 saturated heterocycles. The van der Waals surface area contributed by atoms with Gasteiger partial charge in [-0.1, -0.05) is 6.92 Å². The van der Waals surface area contributed by atoms with Gasteiger partial charge in [0.2, 0.25) is 5.91 Å². The summed E-state index contributed by atoms with van der Waals surface area (Å²) in [5.41, 5.74) is 1.63. The average Bonchev–Trinajstić information content (AvgIpc) is 2.51. The molecular weight excluding hydrogens is 238 g/mol. The van der Waals surface area contributed by atoms with E-state index >= 15 is 0 Å². The second-order valence-electron chi connectivity index (χ2n) is 6.18. The molecule has 1 aromatic rings. The zero-order chi connectivity index (χ0) is 13.5. The Morgan fingerprint density at radius 2 is 2.11 bits per heavy atom. The van der Waals surface area contributed by atoms with Crippen LogP contribution in [0.4, 0.5) is 11.5 Å². The van der Waals surface area contributed by atoms with Crippen molar-refractivity contribution in [2.75, 3.05) is 17.2 Å². The van der Waals surface area contributed by atoms with Gasteiger partial charge < -0.3 is 10.6 Å². The van der Waals surface area contributed by atoms with Crippen LogP contribution in [0.25, 0.3) is 0 Å².